The van der Waals surface area contributed by atoms with Crippen LogP contribution in [0.3, 0.4) is 0 Å². The second kappa shape index (κ2) is 15.5. The third-order valence-corrected chi connectivity index (χ3v) is 5.46. The van der Waals surface area contributed by atoms with Crippen LogP contribution >= 0.6 is 0 Å². The van der Waals surface area contributed by atoms with Crippen molar-refractivity contribution in [1.82, 2.24) is 0 Å². The van der Waals surface area contributed by atoms with Crippen molar-refractivity contribution >= 4 is 5.97 Å². The lowest BCUT2D eigenvalue weighted by molar-refractivity contribution is -0.137. The quantitative estimate of drug-likeness (QED) is 0.278. The zero-order valence-electron chi connectivity index (χ0n) is 17.3. The molecule has 1 unspecified atom stereocenters. The molecule has 2 N–H and O–H groups in total. The van der Waals surface area contributed by atoms with E-state index in [-0.39, 0.29) is 0 Å². The second-order valence-corrected chi connectivity index (χ2v) is 7.90. The van der Waals surface area contributed by atoms with Crippen molar-refractivity contribution < 1.29 is 15.0 Å². The summed E-state index contributed by atoms with van der Waals surface area (Å²) in [5, 5.41) is 18.2. The predicted octanol–water partition coefficient (Wildman–Crippen LogP) is 7.43. The summed E-state index contributed by atoms with van der Waals surface area (Å²) in [6.07, 6.45) is 17.4. The molecule has 0 aliphatic rings. The molecule has 0 fully saturated rings. The van der Waals surface area contributed by atoms with Crippen LogP contribution < -0.4 is 0 Å². The third-order valence-electron chi connectivity index (χ3n) is 5.46. The standard InChI is InChI=1S/C24H40O3/c1-2-3-4-8-11-14-21(22-17-19-23(25)20-18-22)15-12-9-6-5-7-10-13-16-24(26)27/h17-21,25H,2-16H2,1H3,(H,26,27). The maximum Gasteiger partial charge on any atom is 0.303 e. The Balaban J connectivity index is 2.24. The van der Waals surface area contributed by atoms with Crippen LogP contribution in [0.15, 0.2) is 24.3 Å². The minimum absolute atomic E-state index is 0.312. The molecule has 3 heteroatoms. The van der Waals surface area contributed by atoms with Gasteiger partial charge in [0.1, 0.15) is 5.75 Å². The molecule has 0 amide bonds. The van der Waals surface area contributed by atoms with Crippen LogP contribution in [-0.2, 0) is 4.79 Å². The van der Waals surface area contributed by atoms with Gasteiger partial charge in [0.05, 0.1) is 0 Å². The Hall–Kier alpha value is -1.51. The van der Waals surface area contributed by atoms with Crippen LogP contribution in [0, 0.1) is 0 Å². The number of hydrogen-bond donors (Lipinski definition) is 2. The summed E-state index contributed by atoms with van der Waals surface area (Å²) in [5.74, 6) is 0.288. The van der Waals surface area contributed by atoms with E-state index in [1.165, 1.54) is 76.2 Å². The first-order chi connectivity index (χ1) is 13.1. The fourth-order valence-electron chi connectivity index (χ4n) is 3.77. The SMILES string of the molecule is CCCCCCCC(CCCCCCCCCC(=O)O)c1ccc(O)cc1. The van der Waals surface area contributed by atoms with Crippen LogP contribution in [0.25, 0.3) is 0 Å². The molecule has 0 aliphatic heterocycles. The van der Waals surface area contributed by atoms with Crippen LogP contribution in [-0.4, -0.2) is 16.2 Å². The lowest BCUT2D eigenvalue weighted by Crippen LogP contribution is -2.00. The number of aliphatic carboxylic acids is 1. The van der Waals surface area contributed by atoms with Gasteiger partial charge in [-0.1, -0.05) is 89.7 Å². The second-order valence-electron chi connectivity index (χ2n) is 7.90. The fourth-order valence-corrected chi connectivity index (χ4v) is 3.77. The van der Waals surface area contributed by atoms with Gasteiger partial charge in [0.15, 0.2) is 0 Å². The van der Waals surface area contributed by atoms with Crippen LogP contribution in [0.5, 0.6) is 5.75 Å². The van der Waals surface area contributed by atoms with Gasteiger partial charge >= 0.3 is 5.97 Å². The molecule has 0 aliphatic carbocycles. The molecule has 0 spiro atoms. The molecule has 0 aromatic heterocycles. The Bertz CT molecular complexity index is 481. The average Bonchev–Trinajstić information content (AvgIpc) is 2.65. The smallest absolute Gasteiger partial charge is 0.303 e. The van der Waals surface area contributed by atoms with Gasteiger partial charge in [-0.25, -0.2) is 0 Å². The molecule has 0 heterocycles. The van der Waals surface area contributed by atoms with E-state index in [9.17, 15) is 9.90 Å². The molecule has 0 saturated carbocycles. The Kier molecular flexibility index (Phi) is 13.5. The topological polar surface area (TPSA) is 57.5 Å². The van der Waals surface area contributed by atoms with Crippen molar-refractivity contribution in [3.8, 4) is 5.75 Å². The molecule has 0 radical (unpaired) electrons. The van der Waals surface area contributed by atoms with Crippen molar-refractivity contribution in [3.05, 3.63) is 29.8 Å². The van der Waals surface area contributed by atoms with Crippen molar-refractivity contribution in [2.24, 2.45) is 0 Å². The maximum absolute atomic E-state index is 10.5. The summed E-state index contributed by atoms with van der Waals surface area (Å²) in [6.45, 7) is 2.26. The van der Waals surface area contributed by atoms with E-state index in [1.54, 1.807) is 0 Å². The summed E-state index contributed by atoms with van der Waals surface area (Å²) in [6, 6.07) is 7.82. The lowest BCUT2D eigenvalue weighted by atomic mass is 9.88. The number of aromatic hydroxyl groups is 1. The predicted molar refractivity (Wildman–Crippen MR) is 113 cm³/mol. The summed E-state index contributed by atoms with van der Waals surface area (Å²) < 4.78 is 0. The first-order valence-electron chi connectivity index (χ1n) is 11.1. The molecule has 1 atom stereocenters. The normalized spacial score (nSPS) is 12.2. The molecule has 1 rings (SSSR count). The summed E-state index contributed by atoms with van der Waals surface area (Å²) >= 11 is 0. The lowest BCUT2D eigenvalue weighted by Gasteiger charge is -2.18. The van der Waals surface area contributed by atoms with E-state index in [0.717, 1.165) is 19.3 Å². The van der Waals surface area contributed by atoms with Gasteiger partial charge in [-0.2, -0.15) is 0 Å². The molecule has 1 aromatic carbocycles. The molecule has 3 nitrogen and oxygen atoms in total. The van der Waals surface area contributed by atoms with E-state index < -0.39 is 5.97 Å². The van der Waals surface area contributed by atoms with Crippen molar-refractivity contribution in [1.29, 1.82) is 0 Å². The molecule has 0 bridgehead atoms. The van der Waals surface area contributed by atoms with Crippen molar-refractivity contribution in [3.63, 3.8) is 0 Å². The van der Waals surface area contributed by atoms with E-state index in [0.29, 0.717) is 18.1 Å². The van der Waals surface area contributed by atoms with Gasteiger partial charge in [-0.05, 0) is 42.9 Å². The Morgan fingerprint density at radius 1 is 0.778 bits per heavy atom. The van der Waals surface area contributed by atoms with Gasteiger partial charge in [0.2, 0.25) is 0 Å². The minimum atomic E-state index is -0.676. The molecule has 154 valence electrons. The highest BCUT2D eigenvalue weighted by Gasteiger charge is 2.11. The maximum atomic E-state index is 10.5. The first kappa shape index (κ1) is 23.5. The van der Waals surface area contributed by atoms with Crippen LogP contribution in [0.1, 0.15) is 115 Å². The number of phenolic OH excluding ortho intramolecular Hbond substituents is 1. The molecular formula is C24H40O3. The fraction of sp³-hybridized carbons (Fsp3) is 0.708. The van der Waals surface area contributed by atoms with E-state index in [4.69, 9.17) is 5.11 Å². The monoisotopic (exact) mass is 376 g/mol. The Labute approximate surface area is 166 Å². The molecule has 1 aromatic rings. The zero-order chi connectivity index (χ0) is 19.7. The van der Waals surface area contributed by atoms with Gasteiger partial charge in [-0.3, -0.25) is 4.79 Å². The Morgan fingerprint density at radius 3 is 1.78 bits per heavy atom. The number of hydrogen-bond acceptors (Lipinski definition) is 2. The van der Waals surface area contributed by atoms with E-state index in [2.05, 4.69) is 19.1 Å². The van der Waals surface area contributed by atoms with Gasteiger partial charge in [0.25, 0.3) is 0 Å². The van der Waals surface area contributed by atoms with Crippen molar-refractivity contribution in [2.75, 3.05) is 0 Å². The summed E-state index contributed by atoms with van der Waals surface area (Å²) in [5.41, 5.74) is 1.37. The number of carboxylic acids is 1. The highest BCUT2D eigenvalue weighted by atomic mass is 16.4. The number of carboxylic acid groups (broad SMARTS) is 1. The first-order valence-corrected chi connectivity index (χ1v) is 11.1. The summed E-state index contributed by atoms with van der Waals surface area (Å²) in [7, 11) is 0. The number of unbranched alkanes of at least 4 members (excludes halogenated alkanes) is 10. The van der Waals surface area contributed by atoms with Gasteiger partial charge < -0.3 is 10.2 Å². The number of benzene rings is 1. The highest BCUT2D eigenvalue weighted by Crippen LogP contribution is 2.29. The molecule has 0 saturated heterocycles. The largest absolute Gasteiger partial charge is 0.508 e. The highest BCUT2D eigenvalue weighted by molar-refractivity contribution is 5.66. The number of rotatable bonds is 17. The van der Waals surface area contributed by atoms with Crippen LogP contribution in [0.2, 0.25) is 0 Å². The minimum Gasteiger partial charge on any atom is -0.508 e. The van der Waals surface area contributed by atoms with Gasteiger partial charge in [0, 0.05) is 6.42 Å². The zero-order valence-corrected chi connectivity index (χ0v) is 17.3. The average molecular weight is 377 g/mol. The van der Waals surface area contributed by atoms with E-state index >= 15 is 0 Å². The summed E-state index contributed by atoms with van der Waals surface area (Å²) in [4.78, 5) is 10.5. The molecular weight excluding hydrogens is 336 g/mol. The number of carbonyl (C=O) groups is 1. The van der Waals surface area contributed by atoms with Crippen molar-refractivity contribution in [2.45, 2.75) is 109 Å². The number of phenols is 1. The third kappa shape index (κ3) is 12.5. The molecule has 27 heavy (non-hydrogen) atoms. The van der Waals surface area contributed by atoms with E-state index in [1.807, 2.05) is 12.1 Å². The van der Waals surface area contributed by atoms with Crippen LogP contribution in [0.4, 0.5) is 0 Å². The Morgan fingerprint density at radius 2 is 1.26 bits per heavy atom. The van der Waals surface area contributed by atoms with Gasteiger partial charge in [-0.15, -0.1) is 0 Å².